The number of aryl methyl sites for hydroxylation is 1. The van der Waals surface area contributed by atoms with Crippen LogP contribution in [0.2, 0.25) is 0 Å². The highest BCUT2D eigenvalue weighted by atomic mass is 15.1. The van der Waals surface area contributed by atoms with Crippen LogP contribution in [-0.2, 0) is 16.2 Å². The Hall–Kier alpha value is -8.98. The second kappa shape index (κ2) is 19.2. The van der Waals surface area contributed by atoms with Crippen LogP contribution in [0.3, 0.4) is 0 Å². The lowest BCUT2D eigenvalue weighted by Gasteiger charge is -2.37. The van der Waals surface area contributed by atoms with Crippen molar-refractivity contribution in [2.45, 2.75) is 37.0 Å². The molecule has 0 radical (unpaired) electrons. The minimum Gasteiger partial charge on any atom is -0.355 e. The molecule has 0 fully saturated rings. The molecule has 1 N–H and O–H groups in total. The Labute approximate surface area is 435 Å². The number of nitrogens with zero attached hydrogens (tertiary/aromatic N) is 1. The van der Waals surface area contributed by atoms with E-state index in [4.69, 9.17) is 0 Å². The highest BCUT2D eigenvalue weighted by Crippen LogP contribution is 2.49. The molecular weight excluding hydrogens is 893 g/mol. The summed E-state index contributed by atoms with van der Waals surface area (Å²) in [7, 11) is 0. The summed E-state index contributed by atoms with van der Waals surface area (Å²) in [6.45, 7) is 6.87. The van der Waals surface area contributed by atoms with Crippen molar-refractivity contribution in [2.75, 3.05) is 4.90 Å². The Morgan fingerprint density at radius 2 is 0.541 bits per heavy atom. The molecule has 0 aliphatic rings. The first-order chi connectivity index (χ1) is 36.3. The highest BCUT2D eigenvalue weighted by molar-refractivity contribution is 6.08. The van der Waals surface area contributed by atoms with Crippen LogP contribution >= 0.6 is 0 Å². The first-order valence-corrected chi connectivity index (χ1v) is 25.8. The van der Waals surface area contributed by atoms with Crippen molar-refractivity contribution in [3.8, 4) is 0 Å². The van der Waals surface area contributed by atoms with E-state index in [1.54, 1.807) is 0 Å². The molecule has 0 amide bonds. The van der Waals surface area contributed by atoms with Gasteiger partial charge in [0.1, 0.15) is 0 Å². The van der Waals surface area contributed by atoms with E-state index in [0.717, 1.165) is 28.1 Å². The van der Waals surface area contributed by atoms with Crippen LogP contribution in [0.1, 0.15) is 75.0 Å². The van der Waals surface area contributed by atoms with Gasteiger partial charge in [0.05, 0.1) is 5.41 Å². The Morgan fingerprint density at radius 1 is 0.270 bits per heavy atom. The lowest BCUT2D eigenvalue weighted by atomic mass is 9.65. The molecule has 74 heavy (non-hydrogen) atoms. The van der Waals surface area contributed by atoms with Gasteiger partial charge in [0, 0.05) is 49.7 Å². The van der Waals surface area contributed by atoms with Gasteiger partial charge in [-0.3, -0.25) is 0 Å². The molecule has 2 heteroatoms. The average molecular weight is 951 g/mol. The number of hydrogen-bond acceptors (Lipinski definition) is 1. The normalized spacial score (nSPS) is 12.0. The minimum atomic E-state index is -0.643. The quantitative estimate of drug-likeness (QED) is 0.114. The van der Waals surface area contributed by atoms with E-state index in [1.807, 2.05) is 0 Å². The maximum absolute atomic E-state index is 3.70. The summed E-state index contributed by atoms with van der Waals surface area (Å²) in [6.07, 6.45) is 0. The van der Waals surface area contributed by atoms with Crippen LogP contribution in [0.25, 0.3) is 21.8 Å². The van der Waals surface area contributed by atoms with E-state index >= 15 is 0 Å². The van der Waals surface area contributed by atoms with Crippen molar-refractivity contribution in [1.29, 1.82) is 0 Å². The molecule has 1 heterocycles. The number of H-pyrrole nitrogens is 1. The molecule has 1 aromatic heterocycles. The van der Waals surface area contributed by atoms with Gasteiger partial charge in [-0.15, -0.1) is 0 Å². The number of aromatic amines is 1. The molecule has 12 rings (SSSR count). The van der Waals surface area contributed by atoms with Gasteiger partial charge in [-0.2, -0.15) is 0 Å². The summed E-state index contributed by atoms with van der Waals surface area (Å²) in [5.74, 6) is 0. The average Bonchev–Trinajstić information content (AvgIpc) is 3.85. The fourth-order valence-electron chi connectivity index (χ4n) is 11.9. The van der Waals surface area contributed by atoms with E-state index in [-0.39, 0.29) is 10.8 Å². The lowest BCUT2D eigenvalue weighted by molar-refractivity contribution is 0.692. The Bertz CT molecular complexity index is 3560. The second-order valence-electron chi connectivity index (χ2n) is 20.1. The minimum absolute atomic E-state index is 0.374. The number of rotatable bonds is 13. The van der Waals surface area contributed by atoms with Crippen molar-refractivity contribution in [3.05, 3.63) is 352 Å². The van der Waals surface area contributed by atoms with Crippen LogP contribution in [0.4, 0.5) is 17.1 Å². The van der Waals surface area contributed by atoms with Gasteiger partial charge in [-0.05, 0) is 137 Å². The zero-order chi connectivity index (χ0) is 50.1. The summed E-state index contributed by atoms with van der Waals surface area (Å²) in [5, 5.41) is 2.46. The molecule has 11 aromatic carbocycles. The highest BCUT2D eigenvalue weighted by Gasteiger charge is 2.39. The lowest BCUT2D eigenvalue weighted by Crippen LogP contribution is -2.31. The molecule has 0 bridgehead atoms. The van der Waals surface area contributed by atoms with E-state index in [2.05, 4.69) is 322 Å². The van der Waals surface area contributed by atoms with Gasteiger partial charge >= 0.3 is 0 Å². The smallest absolute Gasteiger partial charge is 0.0701 e. The molecule has 2 nitrogen and oxygen atoms in total. The maximum atomic E-state index is 3.70. The van der Waals surface area contributed by atoms with Gasteiger partial charge in [0.25, 0.3) is 0 Å². The zero-order valence-corrected chi connectivity index (χ0v) is 42.2. The molecule has 0 spiro atoms. The maximum Gasteiger partial charge on any atom is 0.0701 e. The van der Waals surface area contributed by atoms with Crippen LogP contribution in [-0.4, -0.2) is 4.98 Å². The molecule has 0 aliphatic heterocycles. The van der Waals surface area contributed by atoms with Gasteiger partial charge in [-0.25, -0.2) is 0 Å². The Balaban J connectivity index is 1.03. The molecule has 0 aliphatic carbocycles. The molecule has 0 unspecified atom stereocenters. The SMILES string of the molecule is Cc1ccc2[nH]c3ccc(C(c4ccccc4)(c4ccccc4)c4ccc(N(c5ccc(C(C)(c6ccccc6)c6ccccc6)cc5)c5ccc(C(C)(c6ccccc6)c6ccccc6)cc5)cc4)cc3c2c1. The molecule has 12 aromatic rings. The number of benzene rings is 11. The van der Waals surface area contributed by atoms with Crippen molar-refractivity contribution in [3.63, 3.8) is 0 Å². The van der Waals surface area contributed by atoms with E-state index in [1.165, 1.54) is 72.0 Å². The molecule has 356 valence electrons. The van der Waals surface area contributed by atoms with E-state index < -0.39 is 5.41 Å². The summed E-state index contributed by atoms with van der Waals surface area (Å²) < 4.78 is 0. The third kappa shape index (κ3) is 7.91. The van der Waals surface area contributed by atoms with Crippen LogP contribution in [0.5, 0.6) is 0 Å². The van der Waals surface area contributed by atoms with Gasteiger partial charge in [0.2, 0.25) is 0 Å². The molecular formula is C72H58N2. The van der Waals surface area contributed by atoms with E-state index in [0.29, 0.717) is 0 Å². The predicted molar refractivity (Wildman–Crippen MR) is 310 cm³/mol. The number of anilines is 3. The van der Waals surface area contributed by atoms with E-state index in [9.17, 15) is 0 Å². The van der Waals surface area contributed by atoms with Crippen molar-refractivity contribution < 1.29 is 0 Å². The van der Waals surface area contributed by atoms with Gasteiger partial charge < -0.3 is 9.88 Å². The second-order valence-corrected chi connectivity index (χ2v) is 20.1. The summed E-state index contributed by atoms with van der Waals surface area (Å²) >= 11 is 0. The molecule has 0 saturated heterocycles. The predicted octanol–water partition coefficient (Wildman–Crippen LogP) is 18.2. The topological polar surface area (TPSA) is 19.0 Å². The third-order valence-corrected chi connectivity index (χ3v) is 16.0. The zero-order valence-electron chi connectivity index (χ0n) is 42.2. The van der Waals surface area contributed by atoms with Crippen molar-refractivity contribution >= 4 is 38.9 Å². The van der Waals surface area contributed by atoms with Crippen molar-refractivity contribution in [2.24, 2.45) is 0 Å². The Morgan fingerprint density at radius 3 is 0.905 bits per heavy atom. The number of nitrogens with one attached hydrogen (secondary N) is 1. The number of fused-ring (bicyclic) bond motifs is 3. The number of aromatic nitrogens is 1. The number of hydrogen-bond donors (Lipinski definition) is 1. The fourth-order valence-corrected chi connectivity index (χ4v) is 11.9. The monoisotopic (exact) mass is 950 g/mol. The standard InChI is InChI=1S/C72H58N2/c1-52-34-48-68-66(50-52)67-51-62(41-49-69(67)73-68)72(59-30-18-8-19-31-59,60-32-20-9-21-33-60)61-39-46-65(47-40-61)74(63-42-35-57(36-43-63)70(2,53-22-10-4-11-23-53)54-24-12-5-13-25-54)64-44-37-58(38-45-64)71(3,55-26-14-6-15-27-55)56-28-16-7-17-29-56/h4-51,73H,1-3H3. The van der Waals surface area contributed by atoms with Gasteiger partial charge in [0.15, 0.2) is 0 Å². The third-order valence-electron chi connectivity index (χ3n) is 16.0. The largest absolute Gasteiger partial charge is 0.355 e. The van der Waals surface area contributed by atoms with Crippen LogP contribution in [0, 0.1) is 6.92 Å². The summed E-state index contributed by atoms with van der Waals surface area (Å²) in [6, 6.07) is 107. The van der Waals surface area contributed by atoms with Crippen molar-refractivity contribution in [1.82, 2.24) is 4.98 Å². The summed E-state index contributed by atoms with van der Waals surface area (Å²) in [5.41, 5.74) is 17.6. The van der Waals surface area contributed by atoms with Crippen LogP contribution < -0.4 is 4.90 Å². The first kappa shape index (κ1) is 46.1. The molecule has 0 saturated carbocycles. The first-order valence-electron chi connectivity index (χ1n) is 25.8. The van der Waals surface area contributed by atoms with Crippen LogP contribution in [0.15, 0.2) is 291 Å². The fraction of sp³-hybridized carbons (Fsp3) is 0.0833. The Kier molecular flexibility index (Phi) is 12.0. The van der Waals surface area contributed by atoms with Gasteiger partial charge in [-0.1, -0.05) is 236 Å². The molecule has 0 atom stereocenters. The summed E-state index contributed by atoms with van der Waals surface area (Å²) in [4.78, 5) is 6.12.